The molecule has 0 heterocycles. The lowest BCUT2D eigenvalue weighted by Gasteiger charge is -2.30. The van der Waals surface area contributed by atoms with E-state index in [4.69, 9.17) is 0 Å². The maximum Gasteiger partial charge on any atom is 0.315 e. The van der Waals surface area contributed by atoms with Crippen LogP contribution in [-0.2, 0) is 0 Å². The summed E-state index contributed by atoms with van der Waals surface area (Å²) in [5.74, 6) is 0.738. The number of hydrogen-bond acceptors (Lipinski definition) is 3. The zero-order chi connectivity index (χ0) is 18.4. The normalized spacial score (nSPS) is 21.8. The Morgan fingerprint density at radius 3 is 2.32 bits per heavy atom. The first kappa shape index (κ1) is 19.7. The number of nitrogens with zero attached hydrogens (tertiary/aromatic N) is 1. The minimum Gasteiger partial charge on any atom is -0.387 e. The van der Waals surface area contributed by atoms with Crippen LogP contribution in [0.3, 0.4) is 0 Å². The highest BCUT2D eigenvalue weighted by Crippen LogP contribution is 2.24. The van der Waals surface area contributed by atoms with Crippen LogP contribution in [0.2, 0.25) is 0 Å². The van der Waals surface area contributed by atoms with E-state index in [0.717, 1.165) is 54.8 Å². The number of carbonyl (C=O) groups excluding carboxylic acids is 1. The van der Waals surface area contributed by atoms with E-state index < -0.39 is 6.10 Å². The second-order valence-electron chi connectivity index (χ2n) is 7.77. The van der Waals surface area contributed by atoms with E-state index in [2.05, 4.69) is 35.7 Å². The third kappa shape index (κ3) is 6.67. The number of benzene rings is 1. The van der Waals surface area contributed by atoms with Crippen molar-refractivity contribution < 1.29 is 9.90 Å². The van der Waals surface area contributed by atoms with Crippen LogP contribution in [0.15, 0.2) is 18.2 Å². The summed E-state index contributed by atoms with van der Waals surface area (Å²) >= 11 is 0. The summed E-state index contributed by atoms with van der Waals surface area (Å²) in [6.45, 7) is 5.37. The number of urea groups is 1. The Labute approximate surface area is 151 Å². The number of rotatable bonds is 6. The van der Waals surface area contributed by atoms with E-state index in [0.29, 0.717) is 0 Å². The second kappa shape index (κ2) is 9.20. The van der Waals surface area contributed by atoms with Gasteiger partial charge in [0, 0.05) is 19.1 Å². The fourth-order valence-electron chi connectivity index (χ4n) is 3.75. The number of amides is 2. The van der Waals surface area contributed by atoms with Crippen molar-refractivity contribution in [2.24, 2.45) is 5.92 Å². The zero-order valence-electron chi connectivity index (χ0n) is 16.0. The van der Waals surface area contributed by atoms with Crippen molar-refractivity contribution in [1.29, 1.82) is 0 Å². The number of aliphatic hydroxyl groups excluding tert-OH is 1. The van der Waals surface area contributed by atoms with Crippen molar-refractivity contribution >= 4 is 6.03 Å². The minimum atomic E-state index is -0.680. The molecule has 1 aliphatic carbocycles. The summed E-state index contributed by atoms with van der Waals surface area (Å²) in [5, 5.41) is 16.1. The van der Waals surface area contributed by atoms with Crippen LogP contribution >= 0.6 is 0 Å². The topological polar surface area (TPSA) is 64.6 Å². The second-order valence-corrected chi connectivity index (χ2v) is 7.77. The Morgan fingerprint density at radius 2 is 1.76 bits per heavy atom. The predicted octanol–water partition coefficient (Wildman–Crippen LogP) is 2.76. The highest BCUT2D eigenvalue weighted by Gasteiger charge is 2.22. The Kier molecular flexibility index (Phi) is 7.26. The molecule has 1 fully saturated rings. The molecule has 2 amide bonds. The van der Waals surface area contributed by atoms with Crippen molar-refractivity contribution in [2.75, 3.05) is 27.2 Å². The van der Waals surface area contributed by atoms with Crippen molar-refractivity contribution in [1.82, 2.24) is 15.5 Å². The van der Waals surface area contributed by atoms with Crippen molar-refractivity contribution in [3.63, 3.8) is 0 Å². The van der Waals surface area contributed by atoms with E-state index in [1.165, 1.54) is 0 Å². The van der Waals surface area contributed by atoms with Gasteiger partial charge in [-0.3, -0.25) is 0 Å². The largest absolute Gasteiger partial charge is 0.387 e. The van der Waals surface area contributed by atoms with Gasteiger partial charge in [0.1, 0.15) is 0 Å². The Morgan fingerprint density at radius 1 is 1.16 bits per heavy atom. The van der Waals surface area contributed by atoms with E-state index >= 15 is 0 Å². The first-order valence-electron chi connectivity index (χ1n) is 9.29. The Bertz CT molecular complexity index is 546. The van der Waals surface area contributed by atoms with Gasteiger partial charge in [-0.05, 0) is 65.1 Å². The van der Waals surface area contributed by atoms with Crippen LogP contribution < -0.4 is 10.6 Å². The number of aliphatic hydroxyl groups is 1. The zero-order valence-corrected chi connectivity index (χ0v) is 16.0. The summed E-state index contributed by atoms with van der Waals surface area (Å²) < 4.78 is 0. The van der Waals surface area contributed by atoms with Crippen molar-refractivity contribution in [3.05, 3.63) is 34.9 Å². The van der Waals surface area contributed by atoms with Gasteiger partial charge in [-0.1, -0.05) is 29.3 Å². The molecule has 1 aromatic rings. The van der Waals surface area contributed by atoms with Crippen molar-refractivity contribution in [2.45, 2.75) is 51.7 Å². The van der Waals surface area contributed by atoms with E-state index in [1.807, 2.05) is 26.0 Å². The van der Waals surface area contributed by atoms with Gasteiger partial charge in [-0.25, -0.2) is 4.79 Å². The van der Waals surface area contributed by atoms with Crippen LogP contribution in [0.1, 0.15) is 48.5 Å². The molecule has 5 nitrogen and oxygen atoms in total. The number of aryl methyl sites for hydroxylation is 2. The lowest BCUT2D eigenvalue weighted by molar-refractivity contribution is 0.170. The van der Waals surface area contributed by atoms with Crippen LogP contribution in [0.5, 0.6) is 0 Å². The molecule has 140 valence electrons. The smallest absolute Gasteiger partial charge is 0.315 e. The quantitative estimate of drug-likeness (QED) is 0.741. The van der Waals surface area contributed by atoms with Gasteiger partial charge in [0.2, 0.25) is 0 Å². The lowest BCUT2D eigenvalue weighted by atomic mass is 9.86. The van der Waals surface area contributed by atoms with Crippen LogP contribution in [0, 0.1) is 19.8 Å². The van der Waals surface area contributed by atoms with Gasteiger partial charge in [-0.2, -0.15) is 0 Å². The summed E-state index contributed by atoms with van der Waals surface area (Å²) in [4.78, 5) is 14.3. The molecule has 5 heteroatoms. The van der Waals surface area contributed by atoms with Gasteiger partial charge in [0.25, 0.3) is 0 Å². The average Bonchev–Trinajstić information content (AvgIpc) is 2.53. The summed E-state index contributed by atoms with van der Waals surface area (Å²) in [6.07, 6.45) is 3.71. The number of nitrogens with one attached hydrogen (secondary N) is 2. The van der Waals surface area contributed by atoms with Gasteiger partial charge in [0.15, 0.2) is 0 Å². The first-order valence-corrected chi connectivity index (χ1v) is 9.29. The van der Waals surface area contributed by atoms with Gasteiger partial charge >= 0.3 is 6.03 Å². The van der Waals surface area contributed by atoms with E-state index in [9.17, 15) is 9.90 Å². The standard InChI is InChI=1S/C20H33N3O2/c1-14-9-15(2)11-17(10-14)19(24)12-21-20(25)22-18-7-5-16(6-8-18)13-23(3)4/h9-11,16,18-19,24H,5-8,12-13H2,1-4H3,(H2,21,22,25)/t16?,18?,19-/m1/s1. The highest BCUT2D eigenvalue weighted by atomic mass is 16.3. The van der Waals surface area contributed by atoms with Crippen molar-refractivity contribution in [3.8, 4) is 0 Å². The molecule has 0 bridgehead atoms. The molecule has 0 aromatic heterocycles. The van der Waals surface area contributed by atoms with E-state index in [1.54, 1.807) is 0 Å². The molecule has 1 aromatic carbocycles. The van der Waals surface area contributed by atoms with Crippen LogP contribution in [0.4, 0.5) is 4.79 Å². The molecule has 3 N–H and O–H groups in total. The predicted molar refractivity (Wildman–Crippen MR) is 102 cm³/mol. The molecule has 0 aliphatic heterocycles. The maximum atomic E-state index is 12.1. The molecule has 0 radical (unpaired) electrons. The van der Waals surface area contributed by atoms with Gasteiger partial charge < -0.3 is 20.6 Å². The first-order chi connectivity index (χ1) is 11.8. The summed E-state index contributed by atoms with van der Waals surface area (Å²) in [5.41, 5.74) is 3.09. The molecule has 25 heavy (non-hydrogen) atoms. The lowest BCUT2D eigenvalue weighted by Crippen LogP contribution is -2.45. The summed E-state index contributed by atoms with van der Waals surface area (Å²) in [6, 6.07) is 6.06. The molecule has 0 unspecified atom stereocenters. The molecule has 0 saturated heterocycles. The number of hydrogen-bond donors (Lipinski definition) is 3. The maximum absolute atomic E-state index is 12.1. The molecule has 2 rings (SSSR count). The molecule has 1 aliphatic rings. The van der Waals surface area contributed by atoms with Crippen LogP contribution in [-0.4, -0.2) is 49.3 Å². The molecule has 1 saturated carbocycles. The minimum absolute atomic E-state index is 0.181. The fraction of sp³-hybridized carbons (Fsp3) is 0.650. The average molecular weight is 348 g/mol. The Balaban J connectivity index is 1.72. The van der Waals surface area contributed by atoms with Gasteiger partial charge in [-0.15, -0.1) is 0 Å². The molecule has 0 spiro atoms. The van der Waals surface area contributed by atoms with Crippen LogP contribution in [0.25, 0.3) is 0 Å². The van der Waals surface area contributed by atoms with Gasteiger partial charge in [0.05, 0.1) is 6.10 Å². The summed E-state index contributed by atoms with van der Waals surface area (Å²) in [7, 11) is 4.22. The SMILES string of the molecule is Cc1cc(C)cc([C@H](O)CNC(=O)NC2CCC(CN(C)C)CC2)c1. The third-order valence-corrected chi connectivity index (χ3v) is 4.89. The Hall–Kier alpha value is -1.59. The number of carbonyl (C=O) groups is 1. The fourth-order valence-corrected chi connectivity index (χ4v) is 3.75. The third-order valence-electron chi connectivity index (χ3n) is 4.89. The monoisotopic (exact) mass is 347 g/mol. The van der Waals surface area contributed by atoms with E-state index in [-0.39, 0.29) is 18.6 Å². The highest BCUT2D eigenvalue weighted by molar-refractivity contribution is 5.74. The molecule has 1 atom stereocenters. The molecular formula is C20H33N3O2. The molecular weight excluding hydrogens is 314 g/mol.